The SMILES string of the molecule is Cc1ccccc1-c1cn(CC(=O)NCc2ccc(F)cc2F)nc1N1CCOCC1. The van der Waals surface area contributed by atoms with Crippen molar-refractivity contribution in [2.75, 3.05) is 31.2 Å². The van der Waals surface area contributed by atoms with Gasteiger partial charge < -0.3 is 15.0 Å². The largest absolute Gasteiger partial charge is 0.378 e. The van der Waals surface area contributed by atoms with Crippen LogP contribution in [-0.4, -0.2) is 42.0 Å². The van der Waals surface area contributed by atoms with Gasteiger partial charge in [0.05, 0.1) is 13.2 Å². The number of aryl methyl sites for hydroxylation is 1. The Morgan fingerprint density at radius 1 is 1.13 bits per heavy atom. The molecule has 8 heteroatoms. The summed E-state index contributed by atoms with van der Waals surface area (Å²) in [5, 5.41) is 7.35. The van der Waals surface area contributed by atoms with Crippen molar-refractivity contribution < 1.29 is 18.3 Å². The topological polar surface area (TPSA) is 59.4 Å². The summed E-state index contributed by atoms with van der Waals surface area (Å²) < 4.78 is 33.9. The van der Waals surface area contributed by atoms with Crippen molar-refractivity contribution in [3.05, 3.63) is 71.4 Å². The molecule has 0 aliphatic carbocycles. The van der Waals surface area contributed by atoms with Crippen LogP contribution < -0.4 is 10.2 Å². The third kappa shape index (κ3) is 4.91. The van der Waals surface area contributed by atoms with Crippen LogP contribution in [0.3, 0.4) is 0 Å². The zero-order valence-corrected chi connectivity index (χ0v) is 17.3. The van der Waals surface area contributed by atoms with Crippen LogP contribution in [0.5, 0.6) is 0 Å². The lowest BCUT2D eigenvalue weighted by molar-refractivity contribution is -0.122. The molecule has 162 valence electrons. The molecule has 0 radical (unpaired) electrons. The molecule has 0 saturated carbocycles. The third-order valence-corrected chi connectivity index (χ3v) is 5.28. The summed E-state index contributed by atoms with van der Waals surface area (Å²) in [7, 11) is 0. The molecular weight excluding hydrogens is 402 g/mol. The predicted octanol–water partition coefficient (Wildman–Crippen LogP) is 3.29. The van der Waals surface area contributed by atoms with Crippen LogP contribution in [0.1, 0.15) is 11.1 Å². The summed E-state index contributed by atoms with van der Waals surface area (Å²) in [6, 6.07) is 11.3. The number of nitrogens with zero attached hydrogens (tertiary/aromatic N) is 3. The van der Waals surface area contributed by atoms with Gasteiger partial charge in [-0.15, -0.1) is 0 Å². The second kappa shape index (κ2) is 9.26. The zero-order valence-electron chi connectivity index (χ0n) is 17.3. The van der Waals surface area contributed by atoms with Crippen LogP contribution in [0.25, 0.3) is 11.1 Å². The van der Waals surface area contributed by atoms with Crippen LogP contribution in [0, 0.1) is 18.6 Å². The maximum absolute atomic E-state index is 13.8. The number of ether oxygens (including phenoxy) is 1. The molecule has 1 N–H and O–H groups in total. The van der Waals surface area contributed by atoms with Crippen molar-refractivity contribution in [3.8, 4) is 11.1 Å². The molecule has 1 saturated heterocycles. The van der Waals surface area contributed by atoms with Crippen molar-refractivity contribution in [1.29, 1.82) is 0 Å². The number of anilines is 1. The minimum atomic E-state index is -0.684. The van der Waals surface area contributed by atoms with E-state index in [2.05, 4.69) is 15.3 Å². The quantitative estimate of drug-likeness (QED) is 0.657. The van der Waals surface area contributed by atoms with Crippen molar-refractivity contribution in [1.82, 2.24) is 15.1 Å². The molecule has 1 fully saturated rings. The van der Waals surface area contributed by atoms with Gasteiger partial charge in [-0.2, -0.15) is 5.10 Å². The van der Waals surface area contributed by atoms with E-state index in [-0.39, 0.29) is 24.6 Å². The Morgan fingerprint density at radius 3 is 2.65 bits per heavy atom. The van der Waals surface area contributed by atoms with E-state index in [1.54, 1.807) is 4.68 Å². The Kier molecular flexibility index (Phi) is 6.27. The second-order valence-electron chi connectivity index (χ2n) is 7.49. The fourth-order valence-electron chi connectivity index (χ4n) is 3.63. The Hall–Kier alpha value is -3.26. The van der Waals surface area contributed by atoms with Crippen LogP contribution in [-0.2, 0) is 22.6 Å². The summed E-state index contributed by atoms with van der Waals surface area (Å²) >= 11 is 0. The first-order valence-electron chi connectivity index (χ1n) is 10.2. The summed E-state index contributed by atoms with van der Waals surface area (Å²) in [5.74, 6) is -0.828. The van der Waals surface area contributed by atoms with Gasteiger partial charge in [0.1, 0.15) is 18.2 Å². The molecule has 3 aromatic rings. The van der Waals surface area contributed by atoms with Crippen LogP contribution in [0.2, 0.25) is 0 Å². The first-order valence-corrected chi connectivity index (χ1v) is 10.2. The molecule has 0 unspecified atom stereocenters. The van der Waals surface area contributed by atoms with Gasteiger partial charge >= 0.3 is 0 Å². The minimum absolute atomic E-state index is 0.00790. The smallest absolute Gasteiger partial charge is 0.242 e. The summed E-state index contributed by atoms with van der Waals surface area (Å²) in [6.07, 6.45) is 1.87. The molecule has 4 rings (SSSR count). The average Bonchev–Trinajstić information content (AvgIpc) is 3.17. The molecular formula is C23H24F2N4O2. The lowest BCUT2D eigenvalue weighted by Crippen LogP contribution is -2.37. The van der Waals surface area contributed by atoms with Gasteiger partial charge in [-0.3, -0.25) is 9.48 Å². The molecule has 0 bridgehead atoms. The van der Waals surface area contributed by atoms with E-state index in [0.717, 1.165) is 41.7 Å². The highest BCUT2D eigenvalue weighted by Crippen LogP contribution is 2.32. The second-order valence-corrected chi connectivity index (χ2v) is 7.49. The number of nitrogens with one attached hydrogen (secondary N) is 1. The lowest BCUT2D eigenvalue weighted by atomic mass is 10.0. The highest BCUT2D eigenvalue weighted by molar-refractivity contribution is 5.79. The Bertz CT molecular complexity index is 1080. The molecule has 2 heterocycles. The van der Waals surface area contributed by atoms with Crippen LogP contribution in [0.15, 0.2) is 48.7 Å². The van der Waals surface area contributed by atoms with Crippen molar-refractivity contribution >= 4 is 11.7 Å². The van der Waals surface area contributed by atoms with Crippen LogP contribution >= 0.6 is 0 Å². The Morgan fingerprint density at radius 2 is 1.90 bits per heavy atom. The average molecular weight is 426 g/mol. The van der Waals surface area contributed by atoms with Crippen LogP contribution in [0.4, 0.5) is 14.6 Å². The Balaban J connectivity index is 1.52. The van der Waals surface area contributed by atoms with Gasteiger partial charge in [-0.05, 0) is 24.1 Å². The van der Waals surface area contributed by atoms with E-state index in [1.165, 1.54) is 12.1 Å². The third-order valence-electron chi connectivity index (χ3n) is 5.28. The van der Waals surface area contributed by atoms with E-state index < -0.39 is 11.6 Å². The normalized spacial score (nSPS) is 14.0. The molecule has 0 atom stereocenters. The standard InChI is InChI=1S/C23H24F2N4O2/c1-16-4-2-3-5-19(16)20-14-29(27-23(20)28-8-10-31-11-9-28)15-22(30)26-13-17-6-7-18(24)12-21(17)25/h2-7,12,14H,8-11,13,15H2,1H3,(H,26,30). The van der Waals surface area contributed by atoms with Gasteiger partial charge in [0, 0.05) is 43.0 Å². The predicted molar refractivity (Wildman–Crippen MR) is 114 cm³/mol. The Labute approximate surface area is 179 Å². The summed E-state index contributed by atoms with van der Waals surface area (Å²) in [6.45, 7) is 4.73. The van der Waals surface area contributed by atoms with E-state index >= 15 is 0 Å². The molecule has 1 amide bonds. The highest BCUT2D eigenvalue weighted by Gasteiger charge is 2.21. The van der Waals surface area contributed by atoms with E-state index in [0.29, 0.717) is 13.2 Å². The maximum atomic E-state index is 13.8. The molecule has 2 aromatic carbocycles. The first-order chi connectivity index (χ1) is 15.0. The molecule has 6 nitrogen and oxygen atoms in total. The maximum Gasteiger partial charge on any atom is 0.242 e. The van der Waals surface area contributed by atoms with Gasteiger partial charge in [-0.1, -0.05) is 30.3 Å². The van der Waals surface area contributed by atoms with Crippen molar-refractivity contribution in [2.45, 2.75) is 20.0 Å². The molecule has 1 aliphatic heterocycles. The number of aromatic nitrogens is 2. The number of benzene rings is 2. The monoisotopic (exact) mass is 426 g/mol. The molecule has 0 spiro atoms. The minimum Gasteiger partial charge on any atom is -0.378 e. The fourth-order valence-corrected chi connectivity index (χ4v) is 3.63. The van der Waals surface area contributed by atoms with E-state index in [4.69, 9.17) is 4.74 Å². The van der Waals surface area contributed by atoms with Gasteiger partial charge in [0.25, 0.3) is 0 Å². The number of rotatable bonds is 6. The first kappa shape index (κ1) is 21.0. The number of hydrogen-bond donors (Lipinski definition) is 1. The summed E-state index contributed by atoms with van der Waals surface area (Å²) in [5.41, 5.74) is 3.36. The lowest BCUT2D eigenvalue weighted by Gasteiger charge is -2.27. The molecule has 1 aliphatic rings. The number of halogens is 2. The zero-order chi connectivity index (χ0) is 21.8. The van der Waals surface area contributed by atoms with Gasteiger partial charge in [0.15, 0.2) is 5.82 Å². The van der Waals surface area contributed by atoms with E-state index in [1.807, 2.05) is 37.4 Å². The highest BCUT2D eigenvalue weighted by atomic mass is 19.1. The number of carbonyl (C=O) groups excluding carboxylic acids is 1. The van der Waals surface area contributed by atoms with E-state index in [9.17, 15) is 13.6 Å². The number of amides is 1. The number of morpholine rings is 1. The molecule has 1 aromatic heterocycles. The van der Waals surface area contributed by atoms with Gasteiger partial charge in [-0.25, -0.2) is 8.78 Å². The van der Waals surface area contributed by atoms with Crippen molar-refractivity contribution in [2.24, 2.45) is 0 Å². The fraction of sp³-hybridized carbons (Fsp3) is 0.304. The summed E-state index contributed by atoms with van der Waals surface area (Å²) in [4.78, 5) is 14.6. The van der Waals surface area contributed by atoms with Crippen molar-refractivity contribution in [3.63, 3.8) is 0 Å². The van der Waals surface area contributed by atoms with Gasteiger partial charge in [0.2, 0.25) is 5.91 Å². The molecule has 31 heavy (non-hydrogen) atoms. The number of carbonyl (C=O) groups is 1. The number of hydrogen-bond acceptors (Lipinski definition) is 4.